The Balaban J connectivity index is 1.69. The third-order valence-corrected chi connectivity index (χ3v) is 4.89. The van der Waals surface area contributed by atoms with Gasteiger partial charge in [-0.2, -0.15) is 0 Å². The summed E-state index contributed by atoms with van der Waals surface area (Å²) >= 11 is 0. The normalized spacial score (nSPS) is 40.9. The first-order valence-electron chi connectivity index (χ1n) is 6.78. The van der Waals surface area contributed by atoms with Crippen molar-refractivity contribution < 1.29 is 0 Å². The second kappa shape index (κ2) is 3.93. The molecular formula is C14H23N. The smallest absolute Gasteiger partial charge is 0.0310 e. The highest BCUT2D eigenvalue weighted by Crippen LogP contribution is 2.60. The second-order valence-corrected chi connectivity index (χ2v) is 5.63. The lowest BCUT2D eigenvalue weighted by atomic mass is 9.89. The summed E-state index contributed by atoms with van der Waals surface area (Å²) in [4.78, 5) is 0. The molecule has 0 aromatic carbocycles. The fourth-order valence-corrected chi connectivity index (χ4v) is 4.14. The van der Waals surface area contributed by atoms with E-state index in [1.54, 1.807) is 5.57 Å². The van der Waals surface area contributed by atoms with Crippen LogP contribution >= 0.6 is 0 Å². The summed E-state index contributed by atoms with van der Waals surface area (Å²) in [5, 5.41) is 3.59. The van der Waals surface area contributed by atoms with Gasteiger partial charge in [-0.25, -0.2) is 0 Å². The van der Waals surface area contributed by atoms with Gasteiger partial charge in [0.25, 0.3) is 0 Å². The number of hydrogen-bond donors (Lipinski definition) is 1. The van der Waals surface area contributed by atoms with Crippen molar-refractivity contribution in [3.05, 3.63) is 11.6 Å². The third-order valence-electron chi connectivity index (χ3n) is 4.89. The van der Waals surface area contributed by atoms with E-state index < -0.39 is 0 Å². The van der Waals surface area contributed by atoms with Crippen molar-refractivity contribution in [3.63, 3.8) is 0 Å². The Morgan fingerprint density at radius 1 is 1.20 bits per heavy atom. The summed E-state index contributed by atoms with van der Waals surface area (Å²) in [6.07, 6.45) is 12.6. The Morgan fingerprint density at radius 3 is 2.60 bits per heavy atom. The van der Waals surface area contributed by atoms with Crippen LogP contribution in [0.5, 0.6) is 0 Å². The molecule has 0 heterocycles. The molecule has 1 nitrogen and oxygen atoms in total. The van der Waals surface area contributed by atoms with Crippen molar-refractivity contribution in [2.75, 3.05) is 7.05 Å². The topological polar surface area (TPSA) is 12.0 Å². The molecule has 15 heavy (non-hydrogen) atoms. The van der Waals surface area contributed by atoms with Crippen LogP contribution in [0.1, 0.15) is 44.9 Å². The molecule has 0 spiro atoms. The maximum atomic E-state index is 3.59. The van der Waals surface area contributed by atoms with Crippen LogP contribution in [0.15, 0.2) is 11.6 Å². The van der Waals surface area contributed by atoms with E-state index in [1.165, 1.54) is 44.9 Å². The van der Waals surface area contributed by atoms with Gasteiger partial charge < -0.3 is 5.32 Å². The predicted octanol–water partition coefficient (Wildman–Crippen LogP) is 3.12. The first-order valence-corrected chi connectivity index (χ1v) is 6.78. The highest BCUT2D eigenvalue weighted by atomic mass is 14.9. The number of likely N-dealkylation sites (N-methyl/N-ethyl adjacent to an activating group) is 1. The highest BCUT2D eigenvalue weighted by molar-refractivity contribution is 5.21. The molecule has 3 aliphatic carbocycles. The van der Waals surface area contributed by atoms with Crippen LogP contribution < -0.4 is 5.32 Å². The van der Waals surface area contributed by atoms with Crippen LogP contribution in [0.25, 0.3) is 0 Å². The second-order valence-electron chi connectivity index (χ2n) is 5.63. The predicted molar refractivity (Wildman–Crippen MR) is 63.7 cm³/mol. The SMILES string of the molecule is CNC(C1=CCCCC1)C1C2CCCC21. The molecule has 1 heteroatoms. The van der Waals surface area contributed by atoms with Gasteiger partial charge in [0.05, 0.1) is 0 Å². The van der Waals surface area contributed by atoms with Crippen LogP contribution in [0.3, 0.4) is 0 Å². The lowest BCUT2D eigenvalue weighted by molar-refractivity contribution is 0.454. The zero-order valence-corrected chi connectivity index (χ0v) is 9.84. The number of nitrogens with one attached hydrogen (secondary N) is 1. The monoisotopic (exact) mass is 205 g/mol. The first kappa shape index (κ1) is 9.89. The van der Waals surface area contributed by atoms with E-state index in [0.717, 1.165) is 23.8 Å². The Labute approximate surface area is 93.3 Å². The maximum Gasteiger partial charge on any atom is 0.0310 e. The quantitative estimate of drug-likeness (QED) is 0.698. The lowest BCUT2D eigenvalue weighted by Crippen LogP contribution is -2.32. The Bertz CT molecular complexity index is 259. The Hall–Kier alpha value is -0.300. The summed E-state index contributed by atoms with van der Waals surface area (Å²) < 4.78 is 0. The van der Waals surface area contributed by atoms with Gasteiger partial charge in [-0.1, -0.05) is 18.1 Å². The maximum absolute atomic E-state index is 3.59. The summed E-state index contributed by atoms with van der Waals surface area (Å²) in [6.45, 7) is 0. The van der Waals surface area contributed by atoms with Crippen molar-refractivity contribution in [1.82, 2.24) is 5.32 Å². The standard InChI is InChI=1S/C14H23N/c1-15-14(10-6-3-2-4-7-10)13-11-8-5-9-12(11)13/h6,11-15H,2-5,7-9H2,1H3. The van der Waals surface area contributed by atoms with E-state index in [2.05, 4.69) is 18.4 Å². The van der Waals surface area contributed by atoms with Crippen molar-refractivity contribution in [1.29, 1.82) is 0 Å². The first-order chi connectivity index (χ1) is 7.42. The molecule has 1 N–H and O–H groups in total. The molecule has 0 aromatic heterocycles. The van der Waals surface area contributed by atoms with Crippen molar-refractivity contribution in [2.24, 2.45) is 17.8 Å². The zero-order valence-electron chi connectivity index (χ0n) is 9.84. The van der Waals surface area contributed by atoms with Gasteiger partial charge in [0.15, 0.2) is 0 Å². The molecule has 2 saturated carbocycles. The molecule has 3 rings (SSSR count). The van der Waals surface area contributed by atoms with Crippen molar-refractivity contribution in [2.45, 2.75) is 51.0 Å². The Kier molecular flexibility index (Phi) is 2.59. The molecule has 2 fully saturated rings. The fraction of sp³-hybridized carbons (Fsp3) is 0.857. The van der Waals surface area contributed by atoms with Gasteiger partial charge in [0, 0.05) is 6.04 Å². The molecule has 3 unspecified atom stereocenters. The van der Waals surface area contributed by atoms with Gasteiger partial charge in [-0.3, -0.25) is 0 Å². The number of fused-ring (bicyclic) bond motifs is 1. The van der Waals surface area contributed by atoms with E-state index in [0.29, 0.717) is 0 Å². The third kappa shape index (κ3) is 1.65. The summed E-state index contributed by atoms with van der Waals surface area (Å²) in [5.74, 6) is 3.18. The van der Waals surface area contributed by atoms with Crippen LogP contribution in [0, 0.1) is 17.8 Å². The van der Waals surface area contributed by atoms with Gasteiger partial charge >= 0.3 is 0 Å². The van der Waals surface area contributed by atoms with Crippen molar-refractivity contribution >= 4 is 0 Å². The molecule has 0 radical (unpaired) electrons. The van der Waals surface area contributed by atoms with Crippen LogP contribution in [-0.2, 0) is 0 Å². The van der Waals surface area contributed by atoms with Crippen LogP contribution in [0.2, 0.25) is 0 Å². The largest absolute Gasteiger partial charge is 0.313 e. The molecule has 0 amide bonds. The molecule has 3 atom stereocenters. The van der Waals surface area contributed by atoms with Gasteiger partial charge in [0.2, 0.25) is 0 Å². The van der Waals surface area contributed by atoms with Crippen molar-refractivity contribution in [3.8, 4) is 0 Å². The highest BCUT2D eigenvalue weighted by Gasteiger charge is 2.55. The van der Waals surface area contributed by atoms with E-state index >= 15 is 0 Å². The molecule has 0 saturated heterocycles. The minimum absolute atomic E-state index is 0.737. The molecule has 3 aliphatic rings. The van der Waals surface area contributed by atoms with E-state index in [4.69, 9.17) is 0 Å². The number of rotatable bonds is 3. The van der Waals surface area contributed by atoms with Crippen LogP contribution in [0.4, 0.5) is 0 Å². The van der Waals surface area contributed by atoms with Gasteiger partial charge in [0.1, 0.15) is 0 Å². The minimum Gasteiger partial charge on any atom is -0.313 e. The molecule has 0 aromatic rings. The molecule has 0 aliphatic heterocycles. The average molecular weight is 205 g/mol. The lowest BCUT2D eigenvalue weighted by Gasteiger charge is -2.24. The fourth-order valence-electron chi connectivity index (χ4n) is 4.14. The van der Waals surface area contributed by atoms with E-state index in [1.807, 2.05) is 0 Å². The number of allylic oxidation sites excluding steroid dienone is 1. The van der Waals surface area contributed by atoms with E-state index in [-0.39, 0.29) is 0 Å². The molecule has 0 bridgehead atoms. The zero-order chi connectivity index (χ0) is 10.3. The summed E-state index contributed by atoms with van der Waals surface area (Å²) in [6, 6.07) is 0.737. The Morgan fingerprint density at radius 2 is 2.00 bits per heavy atom. The van der Waals surface area contributed by atoms with Crippen LogP contribution in [-0.4, -0.2) is 13.1 Å². The summed E-state index contributed by atoms with van der Waals surface area (Å²) in [7, 11) is 2.16. The molecule has 84 valence electrons. The average Bonchev–Trinajstić information content (AvgIpc) is 2.76. The van der Waals surface area contributed by atoms with Gasteiger partial charge in [-0.05, 0) is 63.3 Å². The van der Waals surface area contributed by atoms with E-state index in [9.17, 15) is 0 Å². The molecular weight excluding hydrogens is 182 g/mol. The van der Waals surface area contributed by atoms with Gasteiger partial charge in [-0.15, -0.1) is 0 Å². The number of hydrogen-bond acceptors (Lipinski definition) is 1. The minimum atomic E-state index is 0.737. The summed E-state index contributed by atoms with van der Waals surface area (Å²) in [5.41, 5.74) is 1.74.